The summed E-state index contributed by atoms with van der Waals surface area (Å²) in [5.74, 6) is -0.255. The molecule has 0 fully saturated rings. The zero-order valence-corrected chi connectivity index (χ0v) is 15.3. The first-order chi connectivity index (χ1) is 11.6. The van der Waals surface area contributed by atoms with Crippen molar-refractivity contribution in [3.63, 3.8) is 0 Å². The van der Waals surface area contributed by atoms with Crippen molar-refractivity contribution >= 4 is 34.8 Å². The van der Waals surface area contributed by atoms with E-state index in [-0.39, 0.29) is 16.9 Å². The van der Waals surface area contributed by atoms with Crippen molar-refractivity contribution in [3.05, 3.63) is 29.8 Å². The highest BCUT2D eigenvalue weighted by molar-refractivity contribution is 7.80. The van der Waals surface area contributed by atoms with Gasteiger partial charge in [-0.3, -0.25) is 9.59 Å². The Kier molecular flexibility index (Phi) is 9.68. The summed E-state index contributed by atoms with van der Waals surface area (Å²) in [6, 6.07) is 7.11. The number of unbranched alkanes of at least 4 members (excludes halogenated alkanes) is 3. The summed E-state index contributed by atoms with van der Waals surface area (Å²) in [6.45, 7) is 4.80. The van der Waals surface area contributed by atoms with Crippen LogP contribution < -0.4 is 16.0 Å². The van der Waals surface area contributed by atoms with Gasteiger partial charge in [-0.1, -0.05) is 45.2 Å². The quantitative estimate of drug-likeness (QED) is 0.470. The molecule has 0 bridgehead atoms. The summed E-state index contributed by atoms with van der Waals surface area (Å²) in [5.41, 5.74) is 1.10. The average molecular weight is 350 g/mol. The van der Waals surface area contributed by atoms with Crippen molar-refractivity contribution in [2.45, 2.75) is 52.4 Å². The van der Waals surface area contributed by atoms with Crippen LogP contribution in [0.2, 0.25) is 0 Å². The van der Waals surface area contributed by atoms with Crippen LogP contribution in [0.25, 0.3) is 0 Å². The minimum Gasteiger partial charge on any atom is -0.352 e. The second-order valence-corrected chi connectivity index (χ2v) is 6.02. The third-order valence-corrected chi connectivity index (χ3v) is 3.70. The summed E-state index contributed by atoms with van der Waals surface area (Å²) in [7, 11) is 0. The number of benzene rings is 1. The molecule has 1 rings (SSSR count). The van der Waals surface area contributed by atoms with Crippen LogP contribution in [0.15, 0.2) is 24.3 Å². The Labute approximate surface area is 149 Å². The van der Waals surface area contributed by atoms with Gasteiger partial charge in [-0.05, 0) is 37.2 Å². The Balaban J connectivity index is 2.59. The van der Waals surface area contributed by atoms with E-state index < -0.39 is 0 Å². The monoisotopic (exact) mass is 349 g/mol. The van der Waals surface area contributed by atoms with Crippen LogP contribution in [-0.2, 0) is 4.79 Å². The van der Waals surface area contributed by atoms with Crippen LogP contribution in [0, 0.1) is 0 Å². The zero-order chi connectivity index (χ0) is 17.8. The van der Waals surface area contributed by atoms with E-state index >= 15 is 0 Å². The van der Waals surface area contributed by atoms with Gasteiger partial charge in [0.2, 0.25) is 5.91 Å². The first-order valence-electron chi connectivity index (χ1n) is 8.56. The predicted octanol–water partition coefficient (Wildman–Crippen LogP) is 3.61. The van der Waals surface area contributed by atoms with Crippen LogP contribution in [-0.4, -0.2) is 23.5 Å². The number of nitrogens with one attached hydrogen (secondary N) is 3. The highest BCUT2D eigenvalue weighted by atomic mass is 32.1. The second kappa shape index (κ2) is 11.6. The average Bonchev–Trinajstić information content (AvgIpc) is 2.55. The first kappa shape index (κ1) is 20.1. The van der Waals surface area contributed by atoms with Gasteiger partial charge in [0.25, 0.3) is 5.91 Å². The Hall–Kier alpha value is -1.95. The van der Waals surface area contributed by atoms with Crippen molar-refractivity contribution in [1.29, 1.82) is 0 Å². The maximum absolute atomic E-state index is 12.2. The van der Waals surface area contributed by atoms with E-state index in [1.807, 2.05) is 6.07 Å². The first-order valence-corrected chi connectivity index (χ1v) is 8.97. The van der Waals surface area contributed by atoms with Gasteiger partial charge in [-0.15, -0.1) is 0 Å². The summed E-state index contributed by atoms with van der Waals surface area (Å²) in [4.78, 5) is 24.0. The van der Waals surface area contributed by atoms with Gasteiger partial charge in [0.05, 0.1) is 11.3 Å². The molecular formula is C18H27N3O2S. The molecule has 6 heteroatoms. The SMILES string of the molecule is CCCCCC(=O)NC(=S)Nc1ccccc1C(=O)NCCCC. The molecule has 3 N–H and O–H groups in total. The van der Waals surface area contributed by atoms with Crippen LogP contribution in [0.3, 0.4) is 0 Å². The Morgan fingerprint density at radius 3 is 2.46 bits per heavy atom. The van der Waals surface area contributed by atoms with E-state index in [4.69, 9.17) is 12.2 Å². The number of rotatable bonds is 9. The molecule has 5 nitrogen and oxygen atoms in total. The summed E-state index contributed by atoms with van der Waals surface area (Å²) < 4.78 is 0. The smallest absolute Gasteiger partial charge is 0.253 e. The number of amides is 2. The molecule has 0 atom stereocenters. The Morgan fingerprint density at radius 2 is 1.75 bits per heavy atom. The molecule has 1 aromatic carbocycles. The summed E-state index contributed by atoms with van der Waals surface area (Å²) in [5, 5.41) is 8.69. The summed E-state index contributed by atoms with van der Waals surface area (Å²) >= 11 is 5.17. The number of thiocarbonyl (C=S) groups is 1. The van der Waals surface area contributed by atoms with Gasteiger partial charge in [0.15, 0.2) is 5.11 Å². The van der Waals surface area contributed by atoms with Gasteiger partial charge in [-0.25, -0.2) is 0 Å². The number of carbonyl (C=O) groups is 2. The van der Waals surface area contributed by atoms with E-state index in [1.165, 1.54) is 0 Å². The molecule has 0 saturated carbocycles. The lowest BCUT2D eigenvalue weighted by Crippen LogP contribution is -2.35. The van der Waals surface area contributed by atoms with Gasteiger partial charge < -0.3 is 16.0 Å². The molecule has 0 aliphatic carbocycles. The van der Waals surface area contributed by atoms with E-state index in [0.717, 1.165) is 32.1 Å². The minimum absolute atomic E-state index is 0.106. The zero-order valence-electron chi connectivity index (χ0n) is 14.5. The fourth-order valence-corrected chi connectivity index (χ4v) is 2.37. The lowest BCUT2D eigenvalue weighted by atomic mass is 10.1. The van der Waals surface area contributed by atoms with Crippen molar-refractivity contribution in [1.82, 2.24) is 10.6 Å². The normalized spacial score (nSPS) is 10.1. The third-order valence-electron chi connectivity index (χ3n) is 3.50. The molecule has 0 spiro atoms. The molecule has 0 radical (unpaired) electrons. The maximum Gasteiger partial charge on any atom is 0.253 e. The van der Waals surface area contributed by atoms with E-state index in [0.29, 0.717) is 24.2 Å². The number of para-hydroxylation sites is 1. The van der Waals surface area contributed by atoms with Gasteiger partial charge in [-0.2, -0.15) is 0 Å². The number of carbonyl (C=O) groups excluding carboxylic acids is 2. The third kappa shape index (κ3) is 7.55. The van der Waals surface area contributed by atoms with Gasteiger partial charge >= 0.3 is 0 Å². The topological polar surface area (TPSA) is 70.2 Å². The molecule has 132 valence electrons. The molecule has 0 aromatic heterocycles. The predicted molar refractivity (Wildman–Crippen MR) is 102 cm³/mol. The highest BCUT2D eigenvalue weighted by Crippen LogP contribution is 2.15. The van der Waals surface area contributed by atoms with Crippen molar-refractivity contribution < 1.29 is 9.59 Å². The van der Waals surface area contributed by atoms with E-state index in [2.05, 4.69) is 29.8 Å². The molecule has 0 unspecified atom stereocenters. The number of hydrogen-bond acceptors (Lipinski definition) is 3. The molecule has 0 saturated heterocycles. The largest absolute Gasteiger partial charge is 0.352 e. The molecular weight excluding hydrogens is 322 g/mol. The lowest BCUT2D eigenvalue weighted by Gasteiger charge is -2.13. The van der Waals surface area contributed by atoms with Gasteiger partial charge in [0.1, 0.15) is 0 Å². The minimum atomic E-state index is -0.149. The standard InChI is InChI=1S/C18H27N3O2S/c1-3-5-7-12-16(22)21-18(24)20-15-11-9-8-10-14(15)17(23)19-13-6-4-2/h8-11H,3-7,12-13H2,1-2H3,(H,19,23)(H2,20,21,22,24). The maximum atomic E-state index is 12.2. The highest BCUT2D eigenvalue weighted by Gasteiger charge is 2.12. The number of anilines is 1. The fourth-order valence-electron chi connectivity index (χ4n) is 2.14. The van der Waals surface area contributed by atoms with Crippen molar-refractivity contribution in [3.8, 4) is 0 Å². The van der Waals surface area contributed by atoms with Crippen LogP contribution in [0.5, 0.6) is 0 Å². The van der Waals surface area contributed by atoms with Crippen LogP contribution in [0.4, 0.5) is 5.69 Å². The molecule has 2 amide bonds. The van der Waals surface area contributed by atoms with E-state index in [9.17, 15) is 9.59 Å². The number of hydrogen-bond donors (Lipinski definition) is 3. The molecule has 24 heavy (non-hydrogen) atoms. The van der Waals surface area contributed by atoms with Crippen molar-refractivity contribution in [2.24, 2.45) is 0 Å². The van der Waals surface area contributed by atoms with Gasteiger partial charge in [0, 0.05) is 13.0 Å². The lowest BCUT2D eigenvalue weighted by molar-refractivity contribution is -0.119. The molecule has 1 aromatic rings. The molecule has 0 aliphatic heterocycles. The second-order valence-electron chi connectivity index (χ2n) is 5.61. The fraction of sp³-hybridized carbons (Fsp3) is 0.500. The Bertz CT molecular complexity index is 561. The van der Waals surface area contributed by atoms with Crippen LogP contribution in [0.1, 0.15) is 62.7 Å². The molecule has 0 heterocycles. The van der Waals surface area contributed by atoms with E-state index in [1.54, 1.807) is 18.2 Å². The molecule has 0 aliphatic rings. The summed E-state index contributed by atoms with van der Waals surface area (Å²) in [6.07, 6.45) is 5.35. The Morgan fingerprint density at radius 1 is 1.04 bits per heavy atom. The van der Waals surface area contributed by atoms with Crippen LogP contribution >= 0.6 is 12.2 Å². The van der Waals surface area contributed by atoms with Crippen molar-refractivity contribution in [2.75, 3.05) is 11.9 Å².